The summed E-state index contributed by atoms with van der Waals surface area (Å²) in [6, 6.07) is 20.0. The van der Waals surface area contributed by atoms with Gasteiger partial charge in [-0.1, -0.05) is 60.7 Å². The zero-order chi connectivity index (χ0) is 16.9. The van der Waals surface area contributed by atoms with Crippen LogP contribution in [-0.2, 0) is 20.7 Å². The topological polar surface area (TPSA) is 38.8 Å². The van der Waals surface area contributed by atoms with Crippen molar-refractivity contribution in [3.05, 3.63) is 71.8 Å². The number of nitrogens with zero attached hydrogens (tertiary/aromatic N) is 1. The van der Waals surface area contributed by atoms with Crippen LogP contribution in [0.4, 0.5) is 0 Å². The summed E-state index contributed by atoms with van der Waals surface area (Å²) in [4.78, 5) is 14.6. The van der Waals surface area contributed by atoms with Crippen LogP contribution in [-0.4, -0.2) is 36.8 Å². The SMILES string of the molecule is COCN1C(=O)[C@H](Cc2ccccc2)O[C@@H](c2ccccc2)[C@H]1C. The van der Waals surface area contributed by atoms with E-state index in [-0.39, 0.29) is 24.8 Å². The molecule has 126 valence electrons. The van der Waals surface area contributed by atoms with Crippen LogP contribution in [0.5, 0.6) is 0 Å². The van der Waals surface area contributed by atoms with Gasteiger partial charge in [-0.3, -0.25) is 4.79 Å². The number of hydrogen-bond acceptors (Lipinski definition) is 3. The number of hydrogen-bond donors (Lipinski definition) is 0. The van der Waals surface area contributed by atoms with Gasteiger partial charge >= 0.3 is 0 Å². The number of methoxy groups -OCH3 is 1. The molecule has 2 aromatic carbocycles. The first-order chi connectivity index (χ1) is 11.7. The van der Waals surface area contributed by atoms with Gasteiger partial charge in [-0.05, 0) is 18.1 Å². The Morgan fingerprint density at radius 2 is 1.67 bits per heavy atom. The molecule has 4 nitrogen and oxygen atoms in total. The Bertz CT molecular complexity index is 659. The van der Waals surface area contributed by atoms with Crippen molar-refractivity contribution in [1.29, 1.82) is 0 Å². The molecule has 1 amide bonds. The quantitative estimate of drug-likeness (QED) is 0.847. The molecule has 0 N–H and O–H groups in total. The van der Waals surface area contributed by atoms with Crippen LogP contribution in [0.3, 0.4) is 0 Å². The summed E-state index contributed by atoms with van der Waals surface area (Å²) in [7, 11) is 1.61. The minimum absolute atomic E-state index is 0.0135. The van der Waals surface area contributed by atoms with Crippen molar-refractivity contribution >= 4 is 5.91 Å². The van der Waals surface area contributed by atoms with E-state index in [9.17, 15) is 4.79 Å². The van der Waals surface area contributed by atoms with Crippen molar-refractivity contribution < 1.29 is 14.3 Å². The van der Waals surface area contributed by atoms with Gasteiger partial charge in [0.25, 0.3) is 5.91 Å². The lowest BCUT2D eigenvalue weighted by atomic mass is 9.97. The van der Waals surface area contributed by atoms with Gasteiger partial charge < -0.3 is 14.4 Å². The number of benzene rings is 2. The molecule has 0 aromatic heterocycles. The molecule has 1 fully saturated rings. The lowest BCUT2D eigenvalue weighted by Crippen LogP contribution is -2.55. The van der Waals surface area contributed by atoms with Crippen LogP contribution in [0.15, 0.2) is 60.7 Å². The molecular weight excluding hydrogens is 302 g/mol. The average Bonchev–Trinajstić information content (AvgIpc) is 2.62. The third kappa shape index (κ3) is 3.50. The molecule has 0 bridgehead atoms. The number of morpholine rings is 1. The molecule has 2 aromatic rings. The Kier molecular flexibility index (Phi) is 5.28. The Hall–Kier alpha value is -2.17. The van der Waals surface area contributed by atoms with Crippen LogP contribution >= 0.6 is 0 Å². The van der Waals surface area contributed by atoms with Gasteiger partial charge in [0.2, 0.25) is 0 Å². The van der Waals surface area contributed by atoms with E-state index < -0.39 is 6.10 Å². The highest BCUT2D eigenvalue weighted by atomic mass is 16.5. The first-order valence-electron chi connectivity index (χ1n) is 8.24. The van der Waals surface area contributed by atoms with Crippen molar-refractivity contribution in [3.8, 4) is 0 Å². The highest BCUT2D eigenvalue weighted by molar-refractivity contribution is 5.82. The number of amides is 1. The van der Waals surface area contributed by atoms with E-state index in [1.807, 2.05) is 67.6 Å². The van der Waals surface area contributed by atoms with Crippen molar-refractivity contribution in [2.75, 3.05) is 13.8 Å². The minimum atomic E-state index is -0.496. The summed E-state index contributed by atoms with van der Waals surface area (Å²) < 4.78 is 11.5. The summed E-state index contributed by atoms with van der Waals surface area (Å²) in [5.74, 6) is -0.0135. The molecule has 0 saturated carbocycles. The third-order valence-electron chi connectivity index (χ3n) is 4.46. The molecule has 4 heteroatoms. The summed E-state index contributed by atoms with van der Waals surface area (Å²) in [5, 5.41) is 0. The maximum absolute atomic E-state index is 12.8. The predicted molar refractivity (Wildman–Crippen MR) is 92.4 cm³/mol. The third-order valence-corrected chi connectivity index (χ3v) is 4.46. The molecule has 0 aliphatic carbocycles. The predicted octanol–water partition coefficient (Wildman–Crippen LogP) is 3.19. The molecule has 0 unspecified atom stereocenters. The van der Waals surface area contributed by atoms with E-state index in [1.54, 1.807) is 12.0 Å². The van der Waals surface area contributed by atoms with Crippen molar-refractivity contribution in [2.24, 2.45) is 0 Å². The molecular formula is C20H23NO3. The molecule has 24 heavy (non-hydrogen) atoms. The molecule has 3 atom stereocenters. The number of carbonyl (C=O) groups is 1. The van der Waals surface area contributed by atoms with Crippen LogP contribution in [0.25, 0.3) is 0 Å². The number of rotatable bonds is 5. The number of carbonyl (C=O) groups excluding carboxylic acids is 1. The smallest absolute Gasteiger partial charge is 0.254 e. The zero-order valence-corrected chi connectivity index (χ0v) is 14.1. The Morgan fingerprint density at radius 1 is 1.04 bits per heavy atom. The summed E-state index contributed by atoms with van der Waals surface area (Å²) >= 11 is 0. The lowest BCUT2D eigenvalue weighted by molar-refractivity contribution is -0.180. The van der Waals surface area contributed by atoms with Crippen molar-refractivity contribution in [1.82, 2.24) is 4.90 Å². The highest BCUT2D eigenvalue weighted by Crippen LogP contribution is 2.32. The van der Waals surface area contributed by atoms with E-state index in [4.69, 9.17) is 9.47 Å². The van der Waals surface area contributed by atoms with Gasteiger partial charge in [-0.15, -0.1) is 0 Å². The second-order valence-electron chi connectivity index (χ2n) is 6.11. The Morgan fingerprint density at radius 3 is 2.29 bits per heavy atom. The first-order valence-corrected chi connectivity index (χ1v) is 8.24. The van der Waals surface area contributed by atoms with Gasteiger partial charge in [0, 0.05) is 13.5 Å². The standard InChI is InChI=1S/C20H23NO3/c1-15-19(17-11-7-4-8-12-17)24-18(20(22)21(15)14-23-2)13-16-9-5-3-6-10-16/h3-12,15,18-19H,13-14H2,1-2H3/t15-,18+,19-/m1/s1. The maximum Gasteiger partial charge on any atom is 0.254 e. The minimum Gasteiger partial charge on any atom is -0.364 e. The fourth-order valence-corrected chi connectivity index (χ4v) is 3.18. The Labute approximate surface area is 143 Å². The van der Waals surface area contributed by atoms with Crippen LogP contribution in [0.1, 0.15) is 24.2 Å². The highest BCUT2D eigenvalue weighted by Gasteiger charge is 2.40. The second kappa shape index (κ2) is 7.60. The lowest BCUT2D eigenvalue weighted by Gasteiger charge is -2.42. The monoisotopic (exact) mass is 325 g/mol. The van der Waals surface area contributed by atoms with Gasteiger partial charge in [0.15, 0.2) is 0 Å². The first kappa shape index (κ1) is 16.7. The van der Waals surface area contributed by atoms with Crippen molar-refractivity contribution in [3.63, 3.8) is 0 Å². The largest absolute Gasteiger partial charge is 0.364 e. The fourth-order valence-electron chi connectivity index (χ4n) is 3.18. The van der Waals surface area contributed by atoms with Crippen molar-refractivity contribution in [2.45, 2.75) is 31.6 Å². The average molecular weight is 325 g/mol. The molecule has 1 aliphatic heterocycles. The van der Waals surface area contributed by atoms with E-state index in [0.29, 0.717) is 6.42 Å². The van der Waals surface area contributed by atoms with Gasteiger partial charge in [-0.2, -0.15) is 0 Å². The molecule has 3 rings (SSSR count). The number of ether oxygens (including phenoxy) is 2. The van der Waals surface area contributed by atoms with Crippen LogP contribution in [0, 0.1) is 0 Å². The Balaban J connectivity index is 1.86. The van der Waals surface area contributed by atoms with Gasteiger partial charge in [0.1, 0.15) is 18.9 Å². The molecule has 1 saturated heterocycles. The second-order valence-corrected chi connectivity index (χ2v) is 6.11. The molecule has 0 radical (unpaired) electrons. The van der Waals surface area contributed by atoms with Gasteiger partial charge in [-0.25, -0.2) is 0 Å². The zero-order valence-electron chi connectivity index (χ0n) is 14.1. The maximum atomic E-state index is 12.8. The summed E-state index contributed by atoms with van der Waals surface area (Å²) in [6.07, 6.45) is -0.0904. The summed E-state index contributed by atoms with van der Waals surface area (Å²) in [5.41, 5.74) is 2.17. The summed E-state index contributed by atoms with van der Waals surface area (Å²) in [6.45, 7) is 2.28. The van der Waals surface area contributed by atoms with Crippen LogP contribution < -0.4 is 0 Å². The van der Waals surface area contributed by atoms with E-state index in [1.165, 1.54) is 0 Å². The van der Waals surface area contributed by atoms with E-state index in [2.05, 4.69) is 0 Å². The molecule has 1 heterocycles. The fraction of sp³-hybridized carbons (Fsp3) is 0.350. The normalized spacial score (nSPS) is 24.2. The van der Waals surface area contributed by atoms with Gasteiger partial charge in [0.05, 0.1) is 6.04 Å². The molecule has 1 aliphatic rings. The van der Waals surface area contributed by atoms with E-state index in [0.717, 1.165) is 11.1 Å². The molecule has 0 spiro atoms. The van der Waals surface area contributed by atoms with Crippen LogP contribution in [0.2, 0.25) is 0 Å². The van der Waals surface area contributed by atoms with E-state index >= 15 is 0 Å².